The molecule has 0 amide bonds. The smallest absolute Gasteiger partial charge is 0.321 e. The molecule has 19 heteroatoms. The number of carbonyl (C=O) groups is 8. The van der Waals surface area contributed by atoms with Crippen molar-refractivity contribution in [1.29, 1.82) is 0 Å². The molecule has 0 saturated heterocycles. The van der Waals surface area contributed by atoms with Crippen LogP contribution in [0.2, 0.25) is 0 Å². The Morgan fingerprint density at radius 3 is 0.943 bits per heavy atom. The molecule has 5 unspecified atom stereocenters. The fourth-order valence-electron chi connectivity index (χ4n) is 12.6. The number of Topliss-reactive ketones (excluding diaryl/α,β-unsaturated/α-hetero) is 3. The predicted molar refractivity (Wildman–Crippen MR) is 433 cm³/mol. The first kappa shape index (κ1) is 103. The zero-order chi connectivity index (χ0) is 78.9. The Balaban J connectivity index is 0. The fraction of sp³-hybridized carbons (Fsp3) is 0.816. The van der Waals surface area contributed by atoms with Crippen LogP contribution in [0.25, 0.3) is 5.57 Å². The molecule has 0 saturated carbocycles. The lowest BCUT2D eigenvalue weighted by Crippen LogP contribution is -2.44. The number of carboxylic acid groups (broad SMARTS) is 1. The van der Waals surface area contributed by atoms with Crippen molar-refractivity contribution in [2.45, 2.75) is 395 Å². The number of hydrogen-bond donors (Lipinski definition) is 7. The summed E-state index contributed by atoms with van der Waals surface area (Å²) in [6.45, 7) is 22.1. The third-order valence-electron chi connectivity index (χ3n) is 19.2. The summed E-state index contributed by atoms with van der Waals surface area (Å²) < 4.78 is 20.9. The van der Waals surface area contributed by atoms with Crippen molar-refractivity contribution in [3.63, 3.8) is 0 Å². The van der Waals surface area contributed by atoms with Gasteiger partial charge in [0.2, 0.25) is 0 Å². The minimum Gasteiger partial charge on any atom is -0.480 e. The van der Waals surface area contributed by atoms with Gasteiger partial charge in [-0.05, 0) is 88.8 Å². The molecule has 1 aliphatic rings. The van der Waals surface area contributed by atoms with Crippen molar-refractivity contribution in [3.8, 4) is 0 Å². The first-order chi connectivity index (χ1) is 51.2. The predicted octanol–water partition coefficient (Wildman–Crippen LogP) is 18.1. The van der Waals surface area contributed by atoms with E-state index >= 15 is 0 Å². The van der Waals surface area contributed by atoms with E-state index in [0.29, 0.717) is 65.4 Å². The summed E-state index contributed by atoms with van der Waals surface area (Å²) in [6.07, 6.45) is 53.9. The van der Waals surface area contributed by atoms with Gasteiger partial charge in [-0.15, -0.1) is 0 Å². The Labute approximate surface area is 645 Å². The molecule has 0 bridgehead atoms. The topological polar surface area (TPSA) is 282 Å². The van der Waals surface area contributed by atoms with E-state index in [9.17, 15) is 48.6 Å². The number of nitrogens with one attached hydrogen (secondary N) is 4. The molecule has 106 heavy (non-hydrogen) atoms. The van der Waals surface area contributed by atoms with E-state index in [1.54, 1.807) is 13.8 Å². The summed E-state index contributed by atoms with van der Waals surface area (Å²) in [7, 11) is 0. The van der Waals surface area contributed by atoms with E-state index in [1.807, 2.05) is 32.0 Å². The Kier molecular flexibility index (Phi) is 73.4. The first-order valence-corrected chi connectivity index (χ1v) is 42.6. The van der Waals surface area contributed by atoms with Crippen molar-refractivity contribution in [3.05, 3.63) is 41.5 Å². The second-order valence-corrected chi connectivity index (χ2v) is 29.6. The number of benzene rings is 1. The van der Waals surface area contributed by atoms with Crippen LogP contribution in [0.1, 0.15) is 369 Å². The summed E-state index contributed by atoms with van der Waals surface area (Å²) in [5.74, 6) is -1.74. The zero-order valence-corrected chi connectivity index (χ0v) is 69.0. The van der Waals surface area contributed by atoms with Crippen molar-refractivity contribution in [2.24, 2.45) is 5.92 Å². The second kappa shape index (κ2) is 75.5. The fourth-order valence-corrected chi connectivity index (χ4v) is 12.6. The van der Waals surface area contributed by atoms with E-state index < -0.39 is 30.2 Å². The molecule has 7 N–H and O–H groups in total. The molecule has 0 aliphatic heterocycles. The molecule has 1 aromatic rings. The minimum absolute atomic E-state index is 0.119. The molecule has 0 aromatic heterocycles. The molecule has 0 spiro atoms. The van der Waals surface area contributed by atoms with E-state index in [1.165, 1.54) is 225 Å². The third-order valence-corrected chi connectivity index (χ3v) is 19.2. The number of aliphatic hydroxyl groups excluding tert-OH is 2. The van der Waals surface area contributed by atoms with Crippen molar-refractivity contribution in [2.75, 3.05) is 59.2 Å². The van der Waals surface area contributed by atoms with Crippen molar-refractivity contribution < 1.29 is 72.6 Å². The van der Waals surface area contributed by atoms with Crippen molar-refractivity contribution in [1.82, 2.24) is 21.3 Å². The van der Waals surface area contributed by atoms with Gasteiger partial charge in [-0.2, -0.15) is 0 Å². The Morgan fingerprint density at radius 1 is 0.387 bits per heavy atom. The van der Waals surface area contributed by atoms with E-state index in [2.05, 4.69) is 61.1 Å². The molecule has 0 heterocycles. The summed E-state index contributed by atoms with van der Waals surface area (Å²) in [5.41, 5.74) is 3.43. The van der Waals surface area contributed by atoms with Crippen LogP contribution < -0.4 is 21.3 Å². The Hall–Kier alpha value is -4.92. The van der Waals surface area contributed by atoms with E-state index in [-0.39, 0.29) is 79.1 Å². The maximum absolute atomic E-state index is 11.9. The van der Waals surface area contributed by atoms with Crippen LogP contribution in [0.3, 0.4) is 0 Å². The lowest BCUT2D eigenvalue weighted by molar-refractivity contribution is -0.145. The van der Waals surface area contributed by atoms with Gasteiger partial charge >= 0.3 is 29.8 Å². The zero-order valence-electron chi connectivity index (χ0n) is 69.0. The SMILES string of the molecule is CCCCCCCCCCCCOC(=O)CCNC(C(C)=O)C(C)C.CCCCCCCCCCCCOC(=O)CCNC(C(C)=O)C(C)O.CCCCCCCCCCCCOC(=O)CCNC(CC1=CCc2ccccc21)C(=O)O.CCCCCCCCCCCCOC(=O)CCNC(CO)C(C)=O. The summed E-state index contributed by atoms with van der Waals surface area (Å²) in [6, 6.07) is 6.02. The van der Waals surface area contributed by atoms with Gasteiger partial charge < -0.3 is 55.5 Å². The Morgan fingerprint density at radius 2 is 0.670 bits per heavy atom. The molecule has 0 radical (unpaired) electrons. The largest absolute Gasteiger partial charge is 0.480 e. The molecule has 19 nitrogen and oxygen atoms in total. The van der Waals surface area contributed by atoms with Crippen LogP contribution >= 0.6 is 0 Å². The van der Waals surface area contributed by atoms with Crippen molar-refractivity contribution >= 4 is 52.8 Å². The second-order valence-electron chi connectivity index (χ2n) is 29.6. The molecule has 0 fully saturated rings. The first-order valence-electron chi connectivity index (χ1n) is 42.6. The van der Waals surface area contributed by atoms with Gasteiger partial charge in [0.15, 0.2) is 0 Å². The van der Waals surface area contributed by atoms with Gasteiger partial charge in [0, 0.05) is 26.2 Å². The highest BCUT2D eigenvalue weighted by Gasteiger charge is 2.24. The van der Waals surface area contributed by atoms with Crippen LogP contribution in [-0.4, -0.2) is 152 Å². The lowest BCUT2D eigenvalue weighted by atomic mass is 9.99. The number of fused-ring (bicyclic) bond motifs is 1. The molecule has 616 valence electrons. The van der Waals surface area contributed by atoms with Crippen LogP contribution in [0.4, 0.5) is 0 Å². The standard InChI is InChI=1S/C27H41NO4.C21H41NO3.C20H39NO4.C19H37NO4/c1-2-3-4-5-6-7-8-9-10-13-20-32-26(29)18-19-28-25(27(30)31)21-23-17-16-22-14-11-12-15-24(22)23;1-5-6-7-8-9-10-11-12-13-14-17-25-20(24)15-16-22-21(18(2)3)19(4)23;1-4-5-6-7-8-9-10-11-12-13-16-25-19(24)14-15-21-20(17(2)22)18(3)23;1-3-4-5-6-7-8-9-10-11-12-15-24-19(23)13-14-20-18(16-21)17(2)22/h11-12,14-15,17,25,28H,2-10,13,16,18-21H2,1H3,(H,30,31);18,21-22H,5-17H2,1-4H3;17,20-22H,4-16H2,1-3H3;18,20-21H,3-16H2,1-2H3. The average Bonchev–Trinajstić information content (AvgIpc) is 1.82. The summed E-state index contributed by atoms with van der Waals surface area (Å²) >= 11 is 0. The van der Waals surface area contributed by atoms with Crippen LogP contribution in [0, 0.1) is 5.92 Å². The number of hydrogen-bond acceptors (Lipinski definition) is 18. The number of ether oxygens (including phenoxy) is 4. The maximum Gasteiger partial charge on any atom is 0.321 e. The number of carbonyl (C=O) groups excluding carboxylic acids is 7. The highest BCUT2D eigenvalue weighted by molar-refractivity contribution is 5.83. The van der Waals surface area contributed by atoms with Gasteiger partial charge in [-0.25, -0.2) is 0 Å². The van der Waals surface area contributed by atoms with Crippen LogP contribution in [0.15, 0.2) is 30.3 Å². The number of unbranched alkanes of at least 4 members (excludes halogenated alkanes) is 36. The van der Waals surface area contributed by atoms with E-state index in [0.717, 1.165) is 68.9 Å². The van der Waals surface area contributed by atoms with Crippen LogP contribution in [0.5, 0.6) is 0 Å². The van der Waals surface area contributed by atoms with Gasteiger partial charge in [-0.1, -0.05) is 303 Å². The molecule has 5 atom stereocenters. The third kappa shape index (κ3) is 65.0. The van der Waals surface area contributed by atoms with Gasteiger partial charge in [0.25, 0.3) is 0 Å². The number of allylic oxidation sites excluding steroid dienone is 1. The lowest BCUT2D eigenvalue weighted by Gasteiger charge is -2.19. The number of ketones is 3. The molecule has 1 aromatic carbocycles. The van der Waals surface area contributed by atoms with Gasteiger partial charge in [-0.3, -0.25) is 38.4 Å². The highest BCUT2D eigenvalue weighted by Crippen LogP contribution is 2.30. The van der Waals surface area contributed by atoms with Gasteiger partial charge in [0.05, 0.1) is 82.9 Å². The summed E-state index contributed by atoms with van der Waals surface area (Å²) in [4.78, 5) is 92.3. The monoisotopic (exact) mass is 1500 g/mol. The quantitative estimate of drug-likeness (QED) is 0.0181. The molecular weight excluding hydrogens is 1340 g/mol. The maximum atomic E-state index is 11.9. The highest BCUT2D eigenvalue weighted by atomic mass is 16.5. The number of aliphatic hydroxyl groups is 2. The molecular formula is C87H158N4O15. The van der Waals surface area contributed by atoms with Crippen LogP contribution in [-0.2, 0) is 63.7 Å². The average molecular weight is 1500 g/mol. The molecule has 1 aliphatic carbocycles. The Bertz CT molecular complexity index is 2280. The number of aliphatic carboxylic acids is 1. The summed E-state index contributed by atoms with van der Waals surface area (Å²) in [5, 5.41) is 39.9. The molecule has 2 rings (SSSR count). The van der Waals surface area contributed by atoms with E-state index in [4.69, 9.17) is 24.1 Å². The number of esters is 4. The van der Waals surface area contributed by atoms with Gasteiger partial charge in [0.1, 0.15) is 23.4 Å². The number of rotatable bonds is 69. The number of carboxylic acids is 1. The minimum atomic E-state index is -0.894. The normalized spacial score (nSPS) is 12.9.